The van der Waals surface area contributed by atoms with Gasteiger partial charge in [0.05, 0.1) is 12.2 Å². The highest BCUT2D eigenvalue weighted by atomic mass is 16.3. The van der Waals surface area contributed by atoms with E-state index in [2.05, 4.69) is 30.8 Å². The summed E-state index contributed by atoms with van der Waals surface area (Å²) in [7, 11) is 0. The second-order valence-corrected chi connectivity index (χ2v) is 4.80. The van der Waals surface area contributed by atoms with Crippen LogP contribution in [-0.4, -0.2) is 22.4 Å². The van der Waals surface area contributed by atoms with Gasteiger partial charge in [0.1, 0.15) is 0 Å². The summed E-state index contributed by atoms with van der Waals surface area (Å²) in [6, 6.07) is 10.4. The zero-order chi connectivity index (χ0) is 13.2. The third kappa shape index (κ3) is 6.58. The maximum absolute atomic E-state index is 9.75. The van der Waals surface area contributed by atoms with E-state index in [1.54, 1.807) is 6.08 Å². The number of aryl methyl sites for hydroxylation is 1. The molecule has 0 aliphatic rings. The van der Waals surface area contributed by atoms with Gasteiger partial charge in [-0.25, -0.2) is 0 Å². The van der Waals surface area contributed by atoms with Crippen LogP contribution in [0.1, 0.15) is 37.7 Å². The van der Waals surface area contributed by atoms with Crippen molar-refractivity contribution in [2.45, 2.75) is 50.7 Å². The fourth-order valence-electron chi connectivity index (χ4n) is 2.07. The first-order valence-corrected chi connectivity index (χ1v) is 6.73. The lowest BCUT2D eigenvalue weighted by molar-refractivity contribution is 0.0758. The van der Waals surface area contributed by atoms with Gasteiger partial charge < -0.3 is 10.2 Å². The molecule has 0 aliphatic carbocycles. The molecule has 18 heavy (non-hydrogen) atoms. The van der Waals surface area contributed by atoms with Gasteiger partial charge in [-0.2, -0.15) is 0 Å². The monoisotopic (exact) mass is 248 g/mol. The smallest absolute Gasteiger partial charge is 0.0599 e. The zero-order valence-electron chi connectivity index (χ0n) is 11.0. The second-order valence-electron chi connectivity index (χ2n) is 4.80. The van der Waals surface area contributed by atoms with Crippen LogP contribution in [0.4, 0.5) is 0 Å². The molecule has 2 atom stereocenters. The zero-order valence-corrected chi connectivity index (χ0v) is 11.0. The first-order valence-electron chi connectivity index (χ1n) is 6.73. The standard InChI is InChI=1S/C16H24O2/c1-2-8-15(17)13-16(18)12-7-6-11-14-9-4-3-5-10-14/h2-5,9-10,15-18H,1,6-8,11-13H2/t15-,16-/m1/s1. The molecule has 2 heteroatoms. The van der Waals surface area contributed by atoms with Crippen LogP contribution in [0.2, 0.25) is 0 Å². The number of rotatable bonds is 9. The van der Waals surface area contributed by atoms with E-state index >= 15 is 0 Å². The van der Waals surface area contributed by atoms with E-state index in [4.69, 9.17) is 0 Å². The Bertz CT molecular complexity index is 321. The molecule has 1 aromatic rings. The van der Waals surface area contributed by atoms with E-state index in [0.29, 0.717) is 12.8 Å². The van der Waals surface area contributed by atoms with E-state index in [1.807, 2.05) is 6.07 Å². The molecule has 0 unspecified atom stereocenters. The van der Waals surface area contributed by atoms with Gasteiger partial charge >= 0.3 is 0 Å². The van der Waals surface area contributed by atoms with Crippen LogP contribution in [0.25, 0.3) is 0 Å². The minimum absolute atomic E-state index is 0.393. The highest BCUT2D eigenvalue weighted by Gasteiger charge is 2.10. The largest absolute Gasteiger partial charge is 0.393 e. The van der Waals surface area contributed by atoms with Crippen molar-refractivity contribution in [1.29, 1.82) is 0 Å². The molecule has 0 fully saturated rings. The van der Waals surface area contributed by atoms with Crippen molar-refractivity contribution in [3.63, 3.8) is 0 Å². The lowest BCUT2D eigenvalue weighted by atomic mass is 10.0. The van der Waals surface area contributed by atoms with Gasteiger partial charge in [0.25, 0.3) is 0 Å². The van der Waals surface area contributed by atoms with Crippen molar-refractivity contribution in [2.24, 2.45) is 0 Å². The molecular weight excluding hydrogens is 224 g/mol. The first kappa shape index (κ1) is 14.9. The Kier molecular flexibility index (Phi) is 7.38. The van der Waals surface area contributed by atoms with Crippen LogP contribution in [0.15, 0.2) is 43.0 Å². The van der Waals surface area contributed by atoms with Crippen molar-refractivity contribution < 1.29 is 10.2 Å². The van der Waals surface area contributed by atoms with E-state index in [1.165, 1.54) is 5.56 Å². The molecule has 0 bridgehead atoms. The maximum Gasteiger partial charge on any atom is 0.0599 e. The molecule has 1 rings (SSSR count). The van der Waals surface area contributed by atoms with Crippen LogP contribution in [0.3, 0.4) is 0 Å². The average molecular weight is 248 g/mol. The van der Waals surface area contributed by atoms with E-state index < -0.39 is 12.2 Å². The summed E-state index contributed by atoms with van der Waals surface area (Å²) in [4.78, 5) is 0. The van der Waals surface area contributed by atoms with Gasteiger partial charge in [0, 0.05) is 0 Å². The Morgan fingerprint density at radius 3 is 2.44 bits per heavy atom. The summed E-state index contributed by atoms with van der Waals surface area (Å²) in [5.74, 6) is 0. The van der Waals surface area contributed by atoms with Gasteiger partial charge in [-0.1, -0.05) is 42.8 Å². The van der Waals surface area contributed by atoms with Crippen molar-refractivity contribution in [2.75, 3.05) is 0 Å². The van der Waals surface area contributed by atoms with Crippen LogP contribution in [0, 0.1) is 0 Å². The quantitative estimate of drug-likeness (QED) is 0.521. The Morgan fingerprint density at radius 2 is 1.78 bits per heavy atom. The molecular formula is C16H24O2. The van der Waals surface area contributed by atoms with Crippen molar-refractivity contribution in [1.82, 2.24) is 0 Å². The summed E-state index contributed by atoms with van der Waals surface area (Å²) in [6.45, 7) is 3.58. The molecule has 0 amide bonds. The Morgan fingerprint density at radius 1 is 1.06 bits per heavy atom. The summed E-state index contributed by atoms with van der Waals surface area (Å²) >= 11 is 0. The van der Waals surface area contributed by atoms with Gasteiger partial charge in [-0.3, -0.25) is 0 Å². The topological polar surface area (TPSA) is 40.5 Å². The molecule has 1 aromatic carbocycles. The second kappa shape index (κ2) is 8.90. The molecule has 2 N–H and O–H groups in total. The fourth-order valence-corrected chi connectivity index (χ4v) is 2.07. The maximum atomic E-state index is 9.75. The molecule has 0 aliphatic heterocycles. The lowest BCUT2D eigenvalue weighted by Crippen LogP contribution is -2.17. The third-order valence-electron chi connectivity index (χ3n) is 3.08. The number of hydrogen-bond donors (Lipinski definition) is 2. The minimum atomic E-state index is -0.452. The Labute approximate surface area is 110 Å². The molecule has 2 nitrogen and oxygen atoms in total. The number of hydrogen-bond acceptors (Lipinski definition) is 2. The van der Waals surface area contributed by atoms with Crippen molar-refractivity contribution in [3.8, 4) is 0 Å². The molecule has 0 aromatic heterocycles. The van der Waals surface area contributed by atoms with Gasteiger partial charge in [-0.05, 0) is 37.7 Å². The predicted molar refractivity (Wildman–Crippen MR) is 75.4 cm³/mol. The van der Waals surface area contributed by atoms with Crippen molar-refractivity contribution in [3.05, 3.63) is 48.6 Å². The fraction of sp³-hybridized carbons (Fsp3) is 0.500. The van der Waals surface area contributed by atoms with Crippen LogP contribution < -0.4 is 0 Å². The van der Waals surface area contributed by atoms with E-state index in [9.17, 15) is 10.2 Å². The van der Waals surface area contributed by atoms with Crippen LogP contribution in [0.5, 0.6) is 0 Å². The van der Waals surface area contributed by atoms with E-state index in [0.717, 1.165) is 25.7 Å². The summed E-state index contributed by atoms with van der Waals surface area (Å²) in [5, 5.41) is 19.3. The van der Waals surface area contributed by atoms with Crippen LogP contribution in [-0.2, 0) is 6.42 Å². The Hall–Kier alpha value is -1.12. The molecule has 100 valence electrons. The van der Waals surface area contributed by atoms with E-state index in [-0.39, 0.29) is 0 Å². The SMILES string of the molecule is C=CC[C@@H](O)C[C@H](O)CCCCc1ccccc1. The molecule has 0 heterocycles. The normalized spacial score (nSPS) is 14.1. The van der Waals surface area contributed by atoms with Crippen molar-refractivity contribution >= 4 is 0 Å². The number of aliphatic hydroxyl groups excluding tert-OH is 2. The summed E-state index contributed by atoms with van der Waals surface area (Å²) in [5.41, 5.74) is 1.35. The number of aliphatic hydroxyl groups is 2. The van der Waals surface area contributed by atoms with Crippen LogP contribution >= 0.6 is 0 Å². The molecule has 0 spiro atoms. The molecule has 0 saturated heterocycles. The number of benzene rings is 1. The minimum Gasteiger partial charge on any atom is -0.393 e. The predicted octanol–water partition coefficient (Wildman–Crippen LogP) is 3.09. The number of unbranched alkanes of at least 4 members (excludes halogenated alkanes) is 1. The third-order valence-corrected chi connectivity index (χ3v) is 3.08. The molecule has 0 saturated carbocycles. The van der Waals surface area contributed by atoms with Gasteiger partial charge in [-0.15, -0.1) is 6.58 Å². The molecule has 0 radical (unpaired) electrons. The first-order chi connectivity index (χ1) is 8.72. The Balaban J connectivity index is 2.08. The van der Waals surface area contributed by atoms with Gasteiger partial charge in [0.15, 0.2) is 0 Å². The average Bonchev–Trinajstić information content (AvgIpc) is 2.36. The van der Waals surface area contributed by atoms with Gasteiger partial charge in [0.2, 0.25) is 0 Å². The summed E-state index contributed by atoms with van der Waals surface area (Å²) in [6.07, 6.45) is 5.76. The highest BCUT2D eigenvalue weighted by molar-refractivity contribution is 5.14. The highest BCUT2D eigenvalue weighted by Crippen LogP contribution is 2.12. The lowest BCUT2D eigenvalue weighted by Gasteiger charge is -2.14. The summed E-state index contributed by atoms with van der Waals surface area (Å²) < 4.78 is 0.